The maximum Gasteiger partial charge on any atom is 0.338 e. The molecule has 0 aliphatic heterocycles. The van der Waals surface area contributed by atoms with E-state index < -0.39 is 0 Å². The number of rotatable bonds is 6. The highest BCUT2D eigenvalue weighted by Gasteiger charge is 2.15. The van der Waals surface area contributed by atoms with Crippen molar-refractivity contribution in [1.29, 1.82) is 0 Å². The molecule has 0 fully saturated rings. The van der Waals surface area contributed by atoms with Crippen LogP contribution in [0, 0.1) is 13.8 Å². The van der Waals surface area contributed by atoms with Crippen molar-refractivity contribution < 1.29 is 14.6 Å². The predicted molar refractivity (Wildman–Crippen MR) is 109 cm³/mol. The number of ether oxygens (including phenoxy) is 1. The summed E-state index contributed by atoms with van der Waals surface area (Å²) >= 11 is 9.64. The summed E-state index contributed by atoms with van der Waals surface area (Å²) in [5.74, 6) is -0.235. The van der Waals surface area contributed by atoms with Crippen molar-refractivity contribution in [2.45, 2.75) is 33.6 Å². The van der Waals surface area contributed by atoms with Gasteiger partial charge in [0.05, 0.1) is 22.3 Å². The first-order chi connectivity index (χ1) is 12.4. The number of hydrogen-bond donors (Lipinski definition) is 1. The molecule has 1 N–H and O–H groups in total. The highest BCUT2D eigenvalue weighted by molar-refractivity contribution is 9.10. The molecule has 2 aromatic carbocycles. The Bertz CT molecular complexity index is 803. The summed E-state index contributed by atoms with van der Waals surface area (Å²) in [7, 11) is 0. The maximum absolute atomic E-state index is 11.9. The Balaban J connectivity index is 2.18. The van der Waals surface area contributed by atoms with Crippen LogP contribution >= 0.6 is 27.5 Å². The number of phenolic OH excluding ortho intramolecular Hbond substituents is 1. The van der Waals surface area contributed by atoms with Crippen molar-refractivity contribution in [2.24, 2.45) is 4.99 Å². The zero-order valence-corrected chi connectivity index (χ0v) is 17.3. The number of hydrogen-bond acceptors (Lipinski definition) is 4. The number of unbranched alkanes of at least 4 members (excludes halogenated alkanes) is 1. The topological polar surface area (TPSA) is 58.9 Å². The van der Waals surface area contributed by atoms with E-state index in [0.717, 1.165) is 24.0 Å². The molecule has 0 aliphatic rings. The Labute approximate surface area is 167 Å². The third-order valence-corrected chi connectivity index (χ3v) is 5.57. The van der Waals surface area contributed by atoms with Crippen LogP contribution in [0.4, 0.5) is 5.69 Å². The van der Waals surface area contributed by atoms with Gasteiger partial charge < -0.3 is 9.84 Å². The average molecular weight is 439 g/mol. The first-order valence-electron chi connectivity index (χ1n) is 8.35. The van der Waals surface area contributed by atoms with Gasteiger partial charge >= 0.3 is 5.97 Å². The van der Waals surface area contributed by atoms with Gasteiger partial charge in [0.2, 0.25) is 0 Å². The van der Waals surface area contributed by atoms with Gasteiger partial charge in [0.1, 0.15) is 5.75 Å². The van der Waals surface area contributed by atoms with Gasteiger partial charge in [0, 0.05) is 16.8 Å². The molecular formula is C20H21BrClNO3. The Morgan fingerprint density at radius 1 is 1.27 bits per heavy atom. The van der Waals surface area contributed by atoms with Crippen LogP contribution in [-0.4, -0.2) is 23.9 Å². The van der Waals surface area contributed by atoms with Crippen molar-refractivity contribution in [3.05, 3.63) is 56.0 Å². The van der Waals surface area contributed by atoms with Gasteiger partial charge in [-0.3, -0.25) is 4.99 Å². The third kappa shape index (κ3) is 4.65. The van der Waals surface area contributed by atoms with Crippen LogP contribution < -0.4 is 0 Å². The van der Waals surface area contributed by atoms with E-state index in [0.29, 0.717) is 32.9 Å². The van der Waals surface area contributed by atoms with Gasteiger partial charge in [0.15, 0.2) is 0 Å². The molecule has 0 atom stereocenters. The van der Waals surface area contributed by atoms with Gasteiger partial charge in [-0.05, 0) is 71.6 Å². The van der Waals surface area contributed by atoms with Gasteiger partial charge in [-0.25, -0.2) is 4.79 Å². The number of carbonyl (C=O) groups excluding carboxylic acids is 1. The van der Waals surface area contributed by atoms with Gasteiger partial charge in [-0.15, -0.1) is 0 Å². The van der Waals surface area contributed by atoms with Crippen molar-refractivity contribution in [3.63, 3.8) is 0 Å². The quantitative estimate of drug-likeness (QED) is 0.335. The number of nitrogens with zero attached hydrogens (tertiary/aromatic N) is 1. The second kappa shape index (κ2) is 9.19. The molecule has 4 nitrogen and oxygen atoms in total. The van der Waals surface area contributed by atoms with E-state index in [4.69, 9.17) is 16.3 Å². The molecule has 2 aromatic rings. The average Bonchev–Trinajstić information content (AvgIpc) is 2.65. The second-order valence-electron chi connectivity index (χ2n) is 5.93. The molecule has 0 unspecified atom stereocenters. The fourth-order valence-corrected chi connectivity index (χ4v) is 3.06. The Morgan fingerprint density at radius 2 is 1.92 bits per heavy atom. The van der Waals surface area contributed by atoms with E-state index in [1.807, 2.05) is 20.8 Å². The minimum atomic E-state index is -0.336. The van der Waals surface area contributed by atoms with Crippen molar-refractivity contribution in [2.75, 3.05) is 6.61 Å². The van der Waals surface area contributed by atoms with E-state index in [-0.39, 0.29) is 11.7 Å². The fraction of sp³-hybridized carbons (Fsp3) is 0.300. The molecule has 0 spiro atoms. The molecule has 0 aromatic heterocycles. The third-order valence-electron chi connectivity index (χ3n) is 4.03. The molecule has 0 amide bonds. The summed E-state index contributed by atoms with van der Waals surface area (Å²) in [4.78, 5) is 16.3. The lowest BCUT2D eigenvalue weighted by molar-refractivity contribution is 0.0500. The molecule has 2 rings (SSSR count). The largest absolute Gasteiger partial charge is 0.506 e. The molecule has 0 aliphatic carbocycles. The van der Waals surface area contributed by atoms with Gasteiger partial charge in [-0.1, -0.05) is 24.9 Å². The lowest BCUT2D eigenvalue weighted by atomic mass is 10.0. The number of aliphatic imine (C=N–C) groups is 1. The molecule has 0 saturated carbocycles. The number of carbonyl (C=O) groups is 1. The minimum Gasteiger partial charge on any atom is -0.506 e. The molecule has 138 valence electrons. The Morgan fingerprint density at radius 3 is 2.54 bits per heavy atom. The van der Waals surface area contributed by atoms with Crippen LogP contribution in [0.2, 0.25) is 5.02 Å². The molecule has 0 radical (unpaired) electrons. The SMILES string of the molecule is CCCCOC(=O)c1ccc(N=Cc2c(C)c(Cl)c(C)c(Br)c2O)cc1. The highest BCUT2D eigenvalue weighted by atomic mass is 79.9. The smallest absolute Gasteiger partial charge is 0.338 e. The second-order valence-corrected chi connectivity index (χ2v) is 7.11. The molecule has 0 bridgehead atoms. The number of benzene rings is 2. The number of esters is 1. The standard InChI is InChI=1S/C20H21BrClNO3/c1-4-5-10-26-20(25)14-6-8-15(9-7-14)23-11-16-12(2)18(22)13(3)17(21)19(16)24/h6-9,11,24H,4-5,10H2,1-3H3. The number of halogens is 2. The Kier molecular flexibility index (Phi) is 7.23. The van der Waals surface area contributed by atoms with E-state index in [9.17, 15) is 9.90 Å². The highest BCUT2D eigenvalue weighted by Crippen LogP contribution is 2.38. The van der Waals surface area contributed by atoms with Crippen LogP contribution in [0.15, 0.2) is 33.7 Å². The van der Waals surface area contributed by atoms with Crippen molar-refractivity contribution in [1.82, 2.24) is 0 Å². The van der Waals surface area contributed by atoms with Crippen LogP contribution in [0.1, 0.15) is 46.8 Å². The first-order valence-corrected chi connectivity index (χ1v) is 9.52. The summed E-state index contributed by atoms with van der Waals surface area (Å²) in [6, 6.07) is 6.80. The minimum absolute atomic E-state index is 0.101. The zero-order chi connectivity index (χ0) is 19.3. The monoisotopic (exact) mass is 437 g/mol. The summed E-state index contributed by atoms with van der Waals surface area (Å²) in [6.45, 7) is 6.13. The van der Waals surface area contributed by atoms with Crippen molar-refractivity contribution in [3.8, 4) is 5.75 Å². The van der Waals surface area contributed by atoms with E-state index in [2.05, 4.69) is 20.9 Å². The Hall–Kier alpha value is -1.85. The van der Waals surface area contributed by atoms with Gasteiger partial charge in [0.25, 0.3) is 0 Å². The van der Waals surface area contributed by atoms with Crippen LogP contribution in [0.25, 0.3) is 0 Å². The zero-order valence-electron chi connectivity index (χ0n) is 15.0. The van der Waals surface area contributed by atoms with Crippen LogP contribution in [0.5, 0.6) is 5.75 Å². The summed E-state index contributed by atoms with van der Waals surface area (Å²) in [5.41, 5.74) is 3.23. The number of phenols is 1. The normalized spacial score (nSPS) is 11.1. The predicted octanol–water partition coefficient (Wildman–Crippen LogP) is 6.13. The van der Waals surface area contributed by atoms with E-state index in [1.54, 1.807) is 30.5 Å². The number of aromatic hydroxyl groups is 1. The van der Waals surface area contributed by atoms with Crippen molar-refractivity contribution >= 4 is 45.4 Å². The van der Waals surface area contributed by atoms with Crippen LogP contribution in [-0.2, 0) is 4.74 Å². The fourth-order valence-electron chi connectivity index (χ4n) is 2.34. The van der Waals surface area contributed by atoms with E-state index in [1.165, 1.54) is 0 Å². The maximum atomic E-state index is 11.9. The van der Waals surface area contributed by atoms with Gasteiger partial charge in [-0.2, -0.15) is 0 Å². The summed E-state index contributed by atoms with van der Waals surface area (Å²) in [5, 5.41) is 10.9. The van der Waals surface area contributed by atoms with Crippen LogP contribution in [0.3, 0.4) is 0 Å². The lowest BCUT2D eigenvalue weighted by Gasteiger charge is -2.12. The first kappa shape index (κ1) is 20.5. The molecule has 0 saturated heterocycles. The summed E-state index contributed by atoms with van der Waals surface area (Å²) < 4.78 is 5.73. The lowest BCUT2D eigenvalue weighted by Crippen LogP contribution is -2.05. The molecular weight excluding hydrogens is 418 g/mol. The summed E-state index contributed by atoms with van der Waals surface area (Å²) in [6.07, 6.45) is 3.40. The molecule has 0 heterocycles. The molecule has 26 heavy (non-hydrogen) atoms. The van der Waals surface area contributed by atoms with E-state index >= 15 is 0 Å². The molecule has 6 heteroatoms.